The van der Waals surface area contributed by atoms with Crippen LogP contribution in [-0.4, -0.2) is 21.0 Å². The lowest BCUT2D eigenvalue weighted by Crippen LogP contribution is -2.17. The van der Waals surface area contributed by atoms with Crippen molar-refractivity contribution >= 4 is 5.65 Å². The molecule has 4 nitrogen and oxygen atoms in total. The molecule has 2 heterocycles. The van der Waals surface area contributed by atoms with Crippen LogP contribution >= 0.6 is 0 Å². The Kier molecular flexibility index (Phi) is 3.93. The van der Waals surface area contributed by atoms with Crippen molar-refractivity contribution < 1.29 is 17.9 Å². The van der Waals surface area contributed by atoms with Crippen molar-refractivity contribution in [2.45, 2.75) is 27.1 Å². The van der Waals surface area contributed by atoms with E-state index >= 15 is 0 Å². The number of nitrogens with zero attached hydrogens (tertiary/aromatic N) is 3. The maximum atomic E-state index is 11.9. The number of aryl methyl sites for hydroxylation is 1. The molecule has 2 aromatic rings. The van der Waals surface area contributed by atoms with Crippen LogP contribution in [0, 0.1) is 6.92 Å². The fourth-order valence-electron chi connectivity index (χ4n) is 1.17. The Morgan fingerprint density at radius 1 is 1.29 bits per heavy atom. The molecule has 0 aliphatic rings. The van der Waals surface area contributed by atoms with E-state index in [-0.39, 0.29) is 5.75 Å². The first kappa shape index (κ1) is 13.3. The summed E-state index contributed by atoms with van der Waals surface area (Å²) in [5.74, 6) is -0.374. The van der Waals surface area contributed by atoms with Crippen LogP contribution < -0.4 is 4.74 Å². The number of aromatic nitrogens is 3. The molecular formula is C10H12F3N3O. The van der Waals surface area contributed by atoms with Gasteiger partial charge in [-0.15, -0.1) is 13.2 Å². The molecule has 2 rings (SSSR count). The maximum absolute atomic E-state index is 11.9. The Bertz CT molecular complexity index is 493. The fraction of sp³-hybridized carbons (Fsp3) is 0.400. The number of imidazole rings is 1. The summed E-state index contributed by atoms with van der Waals surface area (Å²) < 4.78 is 40.7. The molecule has 0 N–H and O–H groups in total. The van der Waals surface area contributed by atoms with Crippen LogP contribution in [0.5, 0.6) is 5.75 Å². The molecule has 0 aliphatic heterocycles. The van der Waals surface area contributed by atoms with Gasteiger partial charge in [0, 0.05) is 6.07 Å². The van der Waals surface area contributed by atoms with Crippen molar-refractivity contribution in [1.29, 1.82) is 0 Å². The van der Waals surface area contributed by atoms with Gasteiger partial charge < -0.3 is 4.74 Å². The van der Waals surface area contributed by atoms with Gasteiger partial charge in [0.15, 0.2) is 11.4 Å². The zero-order valence-electron chi connectivity index (χ0n) is 9.62. The Morgan fingerprint density at radius 2 is 1.94 bits per heavy atom. The lowest BCUT2D eigenvalue weighted by molar-refractivity contribution is -0.274. The molecule has 0 spiro atoms. The topological polar surface area (TPSA) is 39.4 Å². The van der Waals surface area contributed by atoms with E-state index in [0.29, 0.717) is 11.3 Å². The zero-order chi connectivity index (χ0) is 13.1. The van der Waals surface area contributed by atoms with Gasteiger partial charge in [0.2, 0.25) is 0 Å². The summed E-state index contributed by atoms with van der Waals surface area (Å²) in [5, 5.41) is 3.72. The maximum Gasteiger partial charge on any atom is 0.573 e. The van der Waals surface area contributed by atoms with Crippen molar-refractivity contribution in [3.05, 3.63) is 24.2 Å². The van der Waals surface area contributed by atoms with Crippen molar-refractivity contribution in [2.75, 3.05) is 0 Å². The minimum absolute atomic E-state index is 0.314. The molecule has 0 saturated heterocycles. The largest absolute Gasteiger partial charge is 0.573 e. The minimum atomic E-state index is -4.71. The molecule has 0 unspecified atom stereocenters. The number of ether oxygens (including phenoxy) is 1. The Labute approximate surface area is 96.0 Å². The van der Waals surface area contributed by atoms with Crippen LogP contribution in [0.15, 0.2) is 18.5 Å². The van der Waals surface area contributed by atoms with Crippen LogP contribution in [0.3, 0.4) is 0 Å². The molecule has 0 aromatic carbocycles. The van der Waals surface area contributed by atoms with E-state index in [4.69, 9.17) is 0 Å². The highest BCUT2D eigenvalue weighted by atomic mass is 19.4. The normalized spacial score (nSPS) is 10.9. The quantitative estimate of drug-likeness (QED) is 0.777. The Hall–Kier alpha value is -1.79. The van der Waals surface area contributed by atoms with Gasteiger partial charge in [0.05, 0.1) is 18.1 Å². The van der Waals surface area contributed by atoms with E-state index in [1.807, 2.05) is 13.8 Å². The zero-order valence-corrected chi connectivity index (χ0v) is 9.62. The van der Waals surface area contributed by atoms with Gasteiger partial charge in [-0.1, -0.05) is 13.8 Å². The van der Waals surface area contributed by atoms with E-state index in [1.165, 1.54) is 10.6 Å². The Balaban J connectivity index is 0.000000686. The van der Waals surface area contributed by atoms with E-state index in [2.05, 4.69) is 14.8 Å². The third kappa shape index (κ3) is 3.61. The standard InChI is InChI=1S/C8H6F3N3O.C2H6/c1-5-4-14-7(13-5)2-6(3-12-14)15-8(9,10)11;1-2/h2-4H,1H3;1-2H3. The molecule has 0 radical (unpaired) electrons. The molecule has 0 amide bonds. The second-order valence-corrected chi connectivity index (χ2v) is 2.92. The lowest BCUT2D eigenvalue weighted by atomic mass is 10.5. The Morgan fingerprint density at radius 3 is 2.53 bits per heavy atom. The van der Waals surface area contributed by atoms with Crippen molar-refractivity contribution in [3.8, 4) is 5.75 Å². The highest BCUT2D eigenvalue weighted by molar-refractivity contribution is 5.43. The highest BCUT2D eigenvalue weighted by Crippen LogP contribution is 2.22. The molecule has 0 bridgehead atoms. The van der Waals surface area contributed by atoms with Crippen LogP contribution in [-0.2, 0) is 0 Å². The summed E-state index contributed by atoms with van der Waals surface area (Å²) in [7, 11) is 0. The number of fused-ring (bicyclic) bond motifs is 1. The SMILES string of the molecule is CC.Cc1cn2ncc(OC(F)(F)F)cc2n1. The third-order valence-electron chi connectivity index (χ3n) is 1.65. The van der Waals surface area contributed by atoms with Gasteiger partial charge in [0.25, 0.3) is 0 Å². The first-order valence-corrected chi connectivity index (χ1v) is 5.02. The smallest absolute Gasteiger partial charge is 0.404 e. The molecule has 2 aromatic heterocycles. The average molecular weight is 247 g/mol. The minimum Gasteiger partial charge on any atom is -0.404 e. The van der Waals surface area contributed by atoms with Gasteiger partial charge in [-0.2, -0.15) is 5.10 Å². The summed E-state index contributed by atoms with van der Waals surface area (Å²) >= 11 is 0. The summed E-state index contributed by atoms with van der Waals surface area (Å²) in [4.78, 5) is 3.96. The van der Waals surface area contributed by atoms with Gasteiger partial charge in [0.1, 0.15) is 0 Å². The van der Waals surface area contributed by atoms with Crippen LogP contribution in [0.25, 0.3) is 5.65 Å². The number of alkyl halides is 3. The van der Waals surface area contributed by atoms with Crippen molar-refractivity contribution in [1.82, 2.24) is 14.6 Å². The molecular weight excluding hydrogens is 235 g/mol. The fourth-order valence-corrected chi connectivity index (χ4v) is 1.17. The molecule has 0 fully saturated rings. The molecule has 7 heteroatoms. The summed E-state index contributed by atoms with van der Waals surface area (Å²) in [6, 6.07) is 1.17. The molecule has 0 aliphatic carbocycles. The lowest BCUT2D eigenvalue weighted by Gasteiger charge is -2.07. The number of hydrogen-bond donors (Lipinski definition) is 0. The van der Waals surface area contributed by atoms with E-state index < -0.39 is 6.36 Å². The third-order valence-corrected chi connectivity index (χ3v) is 1.65. The number of halogens is 3. The monoisotopic (exact) mass is 247 g/mol. The number of rotatable bonds is 1. The van der Waals surface area contributed by atoms with Crippen LogP contribution in [0.1, 0.15) is 19.5 Å². The first-order chi connectivity index (χ1) is 7.94. The summed E-state index contributed by atoms with van der Waals surface area (Å²) in [5.41, 5.74) is 0.987. The average Bonchev–Trinajstić information content (AvgIpc) is 2.58. The van der Waals surface area contributed by atoms with Crippen molar-refractivity contribution in [2.24, 2.45) is 0 Å². The van der Waals surface area contributed by atoms with Gasteiger partial charge in [-0.05, 0) is 6.92 Å². The van der Waals surface area contributed by atoms with E-state index in [9.17, 15) is 13.2 Å². The van der Waals surface area contributed by atoms with Gasteiger partial charge in [-0.3, -0.25) is 0 Å². The molecule has 0 atom stereocenters. The second-order valence-electron chi connectivity index (χ2n) is 2.92. The van der Waals surface area contributed by atoms with E-state index in [1.54, 1.807) is 13.1 Å². The van der Waals surface area contributed by atoms with Gasteiger partial charge in [-0.25, -0.2) is 9.50 Å². The van der Waals surface area contributed by atoms with Crippen molar-refractivity contribution in [3.63, 3.8) is 0 Å². The van der Waals surface area contributed by atoms with Crippen LogP contribution in [0.2, 0.25) is 0 Å². The highest BCUT2D eigenvalue weighted by Gasteiger charge is 2.31. The van der Waals surface area contributed by atoms with Gasteiger partial charge >= 0.3 is 6.36 Å². The predicted molar refractivity (Wildman–Crippen MR) is 55.8 cm³/mol. The molecule has 0 saturated carbocycles. The number of hydrogen-bond acceptors (Lipinski definition) is 3. The summed E-state index contributed by atoms with van der Waals surface area (Å²) in [6.45, 7) is 5.72. The second kappa shape index (κ2) is 5.03. The predicted octanol–water partition coefficient (Wildman–Crippen LogP) is 2.96. The molecule has 94 valence electrons. The first-order valence-electron chi connectivity index (χ1n) is 5.02. The molecule has 17 heavy (non-hydrogen) atoms. The van der Waals surface area contributed by atoms with E-state index in [0.717, 1.165) is 6.20 Å². The summed E-state index contributed by atoms with van der Waals surface area (Å²) in [6.07, 6.45) is -2.12. The van der Waals surface area contributed by atoms with Crippen LogP contribution in [0.4, 0.5) is 13.2 Å².